The second kappa shape index (κ2) is 3.11. The molecule has 1 rings (SSSR count). The van der Waals surface area contributed by atoms with Gasteiger partial charge in [0.25, 0.3) is 0 Å². The molecule has 0 amide bonds. The van der Waals surface area contributed by atoms with Crippen molar-refractivity contribution in [2.24, 2.45) is 11.3 Å². The third kappa shape index (κ3) is 1.57. The van der Waals surface area contributed by atoms with Crippen LogP contribution in [0.15, 0.2) is 0 Å². The SMILES string of the molecule is CC1CCCC(C)(CO)C1O. The van der Waals surface area contributed by atoms with Crippen molar-refractivity contribution in [2.75, 3.05) is 6.61 Å². The Morgan fingerprint density at radius 3 is 2.64 bits per heavy atom. The first kappa shape index (κ1) is 9.01. The monoisotopic (exact) mass is 158 g/mol. The van der Waals surface area contributed by atoms with E-state index in [-0.39, 0.29) is 18.1 Å². The van der Waals surface area contributed by atoms with E-state index >= 15 is 0 Å². The molecule has 0 spiro atoms. The summed E-state index contributed by atoms with van der Waals surface area (Å²) in [7, 11) is 0. The quantitative estimate of drug-likeness (QED) is 0.601. The summed E-state index contributed by atoms with van der Waals surface area (Å²) in [6, 6.07) is 0. The molecule has 0 radical (unpaired) electrons. The summed E-state index contributed by atoms with van der Waals surface area (Å²) in [5.41, 5.74) is -0.238. The summed E-state index contributed by atoms with van der Waals surface area (Å²) >= 11 is 0. The first-order valence-electron chi connectivity index (χ1n) is 4.39. The van der Waals surface area contributed by atoms with Gasteiger partial charge in [0.15, 0.2) is 0 Å². The first-order chi connectivity index (χ1) is 5.10. The van der Waals surface area contributed by atoms with Gasteiger partial charge in [-0.1, -0.05) is 20.3 Å². The lowest BCUT2D eigenvalue weighted by Gasteiger charge is -2.40. The van der Waals surface area contributed by atoms with E-state index in [1.54, 1.807) is 0 Å². The van der Waals surface area contributed by atoms with Gasteiger partial charge in [-0.25, -0.2) is 0 Å². The molecule has 0 aromatic heterocycles. The van der Waals surface area contributed by atoms with E-state index in [0.29, 0.717) is 5.92 Å². The van der Waals surface area contributed by atoms with Gasteiger partial charge in [-0.2, -0.15) is 0 Å². The Morgan fingerprint density at radius 1 is 1.55 bits per heavy atom. The molecular weight excluding hydrogens is 140 g/mol. The summed E-state index contributed by atoms with van der Waals surface area (Å²) in [5.74, 6) is 0.348. The topological polar surface area (TPSA) is 40.5 Å². The summed E-state index contributed by atoms with van der Waals surface area (Å²) < 4.78 is 0. The molecule has 1 aliphatic carbocycles. The first-order valence-corrected chi connectivity index (χ1v) is 4.39. The lowest BCUT2D eigenvalue weighted by atomic mass is 9.69. The third-order valence-electron chi connectivity index (χ3n) is 3.02. The fourth-order valence-corrected chi connectivity index (χ4v) is 1.99. The van der Waals surface area contributed by atoms with Crippen LogP contribution < -0.4 is 0 Å². The average Bonchev–Trinajstić information content (AvgIpc) is 2.00. The van der Waals surface area contributed by atoms with Gasteiger partial charge in [0.2, 0.25) is 0 Å². The van der Waals surface area contributed by atoms with Crippen LogP contribution in [-0.2, 0) is 0 Å². The maximum atomic E-state index is 9.74. The van der Waals surface area contributed by atoms with Crippen molar-refractivity contribution in [1.82, 2.24) is 0 Å². The van der Waals surface area contributed by atoms with E-state index in [1.807, 2.05) is 6.92 Å². The molecule has 66 valence electrons. The molecule has 0 aliphatic heterocycles. The predicted octanol–water partition coefficient (Wildman–Crippen LogP) is 1.17. The van der Waals surface area contributed by atoms with Gasteiger partial charge < -0.3 is 10.2 Å². The van der Waals surface area contributed by atoms with Crippen molar-refractivity contribution in [1.29, 1.82) is 0 Å². The van der Waals surface area contributed by atoms with Crippen LogP contribution in [0.25, 0.3) is 0 Å². The highest BCUT2D eigenvalue weighted by Crippen LogP contribution is 2.38. The number of aliphatic hydroxyl groups is 2. The van der Waals surface area contributed by atoms with E-state index in [2.05, 4.69) is 6.92 Å². The van der Waals surface area contributed by atoms with Crippen molar-refractivity contribution >= 4 is 0 Å². The zero-order valence-electron chi connectivity index (χ0n) is 7.38. The summed E-state index contributed by atoms with van der Waals surface area (Å²) in [6.45, 7) is 4.13. The van der Waals surface area contributed by atoms with Crippen molar-refractivity contribution in [3.05, 3.63) is 0 Å². The Hall–Kier alpha value is -0.0800. The molecule has 2 heteroatoms. The van der Waals surface area contributed by atoms with Crippen LogP contribution in [0, 0.1) is 11.3 Å². The number of aliphatic hydroxyl groups excluding tert-OH is 2. The van der Waals surface area contributed by atoms with Crippen molar-refractivity contribution < 1.29 is 10.2 Å². The van der Waals surface area contributed by atoms with E-state index in [4.69, 9.17) is 5.11 Å². The minimum atomic E-state index is -0.318. The van der Waals surface area contributed by atoms with Gasteiger partial charge >= 0.3 is 0 Å². The molecule has 1 aliphatic rings. The number of hydrogen-bond donors (Lipinski definition) is 2. The highest BCUT2D eigenvalue weighted by Gasteiger charge is 2.38. The van der Waals surface area contributed by atoms with Gasteiger partial charge in [0.1, 0.15) is 0 Å². The maximum absolute atomic E-state index is 9.74. The molecule has 1 saturated carbocycles. The highest BCUT2D eigenvalue weighted by atomic mass is 16.3. The minimum Gasteiger partial charge on any atom is -0.396 e. The Kier molecular flexibility index (Phi) is 2.55. The maximum Gasteiger partial charge on any atom is 0.0641 e. The fraction of sp³-hybridized carbons (Fsp3) is 1.00. The van der Waals surface area contributed by atoms with Crippen LogP contribution in [0.1, 0.15) is 33.1 Å². The molecule has 0 heterocycles. The van der Waals surface area contributed by atoms with E-state index < -0.39 is 0 Å². The molecular formula is C9H18O2. The normalized spacial score (nSPS) is 45.8. The summed E-state index contributed by atoms with van der Waals surface area (Å²) in [5, 5.41) is 18.8. The van der Waals surface area contributed by atoms with E-state index in [0.717, 1.165) is 19.3 Å². The second-order valence-electron chi connectivity index (χ2n) is 4.13. The van der Waals surface area contributed by atoms with Crippen molar-refractivity contribution in [3.8, 4) is 0 Å². The summed E-state index contributed by atoms with van der Waals surface area (Å²) in [6.07, 6.45) is 2.86. The van der Waals surface area contributed by atoms with E-state index in [1.165, 1.54) is 0 Å². The Bertz CT molecular complexity index is 136. The van der Waals surface area contributed by atoms with Crippen LogP contribution >= 0.6 is 0 Å². The largest absolute Gasteiger partial charge is 0.396 e. The molecule has 3 atom stereocenters. The Morgan fingerprint density at radius 2 is 2.18 bits per heavy atom. The second-order valence-corrected chi connectivity index (χ2v) is 4.13. The van der Waals surface area contributed by atoms with Crippen LogP contribution in [0.5, 0.6) is 0 Å². The number of rotatable bonds is 1. The average molecular weight is 158 g/mol. The molecule has 3 unspecified atom stereocenters. The van der Waals surface area contributed by atoms with Crippen molar-refractivity contribution in [3.63, 3.8) is 0 Å². The molecule has 0 aromatic carbocycles. The van der Waals surface area contributed by atoms with Crippen LogP contribution in [0.2, 0.25) is 0 Å². The lowest BCUT2D eigenvalue weighted by Crippen LogP contribution is -2.43. The fourth-order valence-electron chi connectivity index (χ4n) is 1.99. The van der Waals surface area contributed by atoms with Crippen LogP contribution in [-0.4, -0.2) is 22.9 Å². The zero-order valence-corrected chi connectivity index (χ0v) is 7.38. The Balaban J connectivity index is 2.64. The zero-order chi connectivity index (χ0) is 8.48. The molecule has 2 N–H and O–H groups in total. The van der Waals surface area contributed by atoms with Gasteiger partial charge in [0.05, 0.1) is 12.7 Å². The highest BCUT2D eigenvalue weighted by molar-refractivity contribution is 4.88. The molecule has 0 saturated heterocycles. The van der Waals surface area contributed by atoms with Crippen LogP contribution in [0.3, 0.4) is 0 Å². The van der Waals surface area contributed by atoms with Gasteiger partial charge in [-0.05, 0) is 18.8 Å². The van der Waals surface area contributed by atoms with Gasteiger partial charge in [-0.3, -0.25) is 0 Å². The number of hydrogen-bond acceptors (Lipinski definition) is 2. The molecule has 11 heavy (non-hydrogen) atoms. The minimum absolute atomic E-state index is 0.110. The third-order valence-corrected chi connectivity index (χ3v) is 3.02. The standard InChI is InChI=1S/C9H18O2/c1-7-4-3-5-9(2,6-10)8(7)11/h7-8,10-11H,3-6H2,1-2H3. The molecule has 0 bridgehead atoms. The molecule has 0 aromatic rings. The van der Waals surface area contributed by atoms with Gasteiger partial charge in [-0.15, -0.1) is 0 Å². The summed E-state index contributed by atoms with van der Waals surface area (Å²) in [4.78, 5) is 0. The van der Waals surface area contributed by atoms with Crippen molar-refractivity contribution in [2.45, 2.75) is 39.2 Å². The molecule has 2 nitrogen and oxygen atoms in total. The predicted molar refractivity (Wildman–Crippen MR) is 44.2 cm³/mol. The lowest BCUT2D eigenvalue weighted by molar-refractivity contribution is -0.0649. The molecule has 1 fully saturated rings. The van der Waals surface area contributed by atoms with E-state index in [9.17, 15) is 5.11 Å². The smallest absolute Gasteiger partial charge is 0.0641 e. The Labute approximate surface area is 68.2 Å². The van der Waals surface area contributed by atoms with Crippen LogP contribution in [0.4, 0.5) is 0 Å². The van der Waals surface area contributed by atoms with Gasteiger partial charge in [0, 0.05) is 5.41 Å².